The predicted molar refractivity (Wildman–Crippen MR) is 97.8 cm³/mol. The lowest BCUT2D eigenvalue weighted by atomic mass is 10.1. The Kier molecular flexibility index (Phi) is 7.42. The summed E-state index contributed by atoms with van der Waals surface area (Å²) in [7, 11) is 1.25. The Bertz CT molecular complexity index is 829. The first-order valence-electron chi connectivity index (χ1n) is 8.32. The van der Waals surface area contributed by atoms with Crippen molar-refractivity contribution in [3.63, 3.8) is 0 Å². The molecule has 9 heteroatoms. The van der Waals surface area contributed by atoms with Gasteiger partial charge in [-0.1, -0.05) is 41.9 Å². The van der Waals surface area contributed by atoms with E-state index in [1.165, 1.54) is 12.4 Å². The van der Waals surface area contributed by atoms with E-state index in [1.54, 1.807) is 0 Å². The molecule has 2 aromatic rings. The van der Waals surface area contributed by atoms with Gasteiger partial charge in [-0.15, -0.1) is 0 Å². The van der Waals surface area contributed by atoms with Crippen molar-refractivity contribution in [1.29, 1.82) is 0 Å². The van der Waals surface area contributed by atoms with Gasteiger partial charge >= 0.3 is 12.1 Å². The van der Waals surface area contributed by atoms with Crippen molar-refractivity contribution in [1.82, 2.24) is 0 Å². The van der Waals surface area contributed by atoms with E-state index in [4.69, 9.17) is 16.3 Å². The van der Waals surface area contributed by atoms with Gasteiger partial charge in [0.15, 0.2) is 12.6 Å². The second kappa shape index (κ2) is 9.57. The highest BCUT2D eigenvalue weighted by Crippen LogP contribution is 2.33. The topological polar surface area (TPSA) is 72.0 Å². The first kappa shape index (κ1) is 21.7. The van der Waals surface area contributed by atoms with E-state index in [-0.39, 0.29) is 17.3 Å². The highest BCUT2D eigenvalue weighted by Gasteiger charge is 2.31. The van der Waals surface area contributed by atoms with E-state index in [0.29, 0.717) is 6.42 Å². The average molecular weight is 416 g/mol. The normalized spacial score (nSPS) is 12.3. The standard InChI is InChI=1S/C19H18ClF3N2O3/c1-28-18(27)16(9-12-5-3-2-4-6-12)24-11-17(26)25-15-10-13(19(21,22)23)7-8-14(15)20/h2-8,10,16,24H,9,11H2,1H3,(H,25,26)/p+1/t16-/m1/s1. The lowest BCUT2D eigenvalue weighted by Crippen LogP contribution is -2.94. The highest BCUT2D eigenvalue weighted by atomic mass is 35.5. The number of rotatable bonds is 7. The lowest BCUT2D eigenvalue weighted by molar-refractivity contribution is -0.667. The van der Waals surface area contributed by atoms with E-state index in [9.17, 15) is 22.8 Å². The molecule has 2 aromatic carbocycles. The Morgan fingerprint density at radius 1 is 1.18 bits per heavy atom. The van der Waals surface area contributed by atoms with Crippen LogP contribution in [0.4, 0.5) is 18.9 Å². The zero-order valence-electron chi connectivity index (χ0n) is 14.9. The number of amides is 1. The summed E-state index contributed by atoms with van der Waals surface area (Å²) in [4.78, 5) is 24.1. The maximum atomic E-state index is 12.8. The van der Waals surface area contributed by atoms with Crippen LogP contribution in [0, 0.1) is 0 Å². The summed E-state index contributed by atoms with van der Waals surface area (Å²) < 4.78 is 43.2. The van der Waals surface area contributed by atoms with Gasteiger partial charge in [0.25, 0.3) is 5.91 Å². The second-order valence-electron chi connectivity index (χ2n) is 6.00. The molecule has 0 saturated heterocycles. The summed E-state index contributed by atoms with van der Waals surface area (Å²) in [6.07, 6.45) is -4.22. The Morgan fingerprint density at radius 3 is 2.46 bits per heavy atom. The number of nitrogens with two attached hydrogens (primary N) is 1. The van der Waals surface area contributed by atoms with Crippen LogP contribution in [0.3, 0.4) is 0 Å². The quantitative estimate of drug-likeness (QED) is 0.683. The summed E-state index contributed by atoms with van der Waals surface area (Å²) in [5, 5.41) is 3.79. The van der Waals surface area contributed by atoms with Gasteiger partial charge in [0, 0.05) is 6.42 Å². The minimum atomic E-state index is -4.55. The molecule has 2 rings (SSSR count). The van der Waals surface area contributed by atoms with Crippen molar-refractivity contribution in [2.75, 3.05) is 19.0 Å². The predicted octanol–water partition coefficient (Wildman–Crippen LogP) is 2.64. The molecule has 5 nitrogen and oxygen atoms in total. The number of alkyl halides is 3. The fourth-order valence-electron chi connectivity index (χ4n) is 2.53. The van der Waals surface area contributed by atoms with E-state index in [1.807, 2.05) is 30.3 Å². The van der Waals surface area contributed by atoms with Crippen LogP contribution in [0.1, 0.15) is 11.1 Å². The van der Waals surface area contributed by atoms with E-state index in [0.717, 1.165) is 23.8 Å². The molecule has 0 unspecified atom stereocenters. The largest absolute Gasteiger partial charge is 0.465 e. The molecular weight excluding hydrogens is 397 g/mol. The highest BCUT2D eigenvalue weighted by molar-refractivity contribution is 6.33. The maximum Gasteiger partial charge on any atom is 0.416 e. The monoisotopic (exact) mass is 415 g/mol. The number of anilines is 1. The number of quaternary nitrogens is 1. The number of methoxy groups -OCH3 is 1. The Hall–Kier alpha value is -2.58. The molecule has 0 spiro atoms. The number of carbonyl (C=O) groups excluding carboxylic acids is 2. The molecule has 0 aliphatic rings. The molecule has 1 atom stereocenters. The molecule has 28 heavy (non-hydrogen) atoms. The minimum absolute atomic E-state index is 0.0184. The van der Waals surface area contributed by atoms with Crippen molar-refractivity contribution < 1.29 is 32.8 Å². The molecule has 0 heterocycles. The zero-order chi connectivity index (χ0) is 20.7. The summed E-state index contributed by atoms with van der Waals surface area (Å²) in [6.45, 7) is -0.195. The van der Waals surface area contributed by atoms with Crippen molar-refractivity contribution >= 4 is 29.2 Å². The van der Waals surface area contributed by atoms with Gasteiger partial charge in [-0.05, 0) is 23.8 Å². The zero-order valence-corrected chi connectivity index (χ0v) is 15.7. The molecule has 0 radical (unpaired) electrons. The van der Waals surface area contributed by atoms with E-state index in [2.05, 4.69) is 5.32 Å². The van der Waals surface area contributed by atoms with Crippen molar-refractivity contribution in [2.24, 2.45) is 0 Å². The minimum Gasteiger partial charge on any atom is -0.465 e. The molecule has 0 aliphatic heterocycles. The Morgan fingerprint density at radius 2 is 1.86 bits per heavy atom. The van der Waals surface area contributed by atoms with Crippen molar-refractivity contribution in [2.45, 2.75) is 18.6 Å². The molecule has 0 saturated carbocycles. The van der Waals surface area contributed by atoms with Crippen molar-refractivity contribution in [3.05, 3.63) is 64.7 Å². The molecule has 150 valence electrons. The number of hydrogen-bond acceptors (Lipinski definition) is 3. The number of nitrogens with one attached hydrogen (secondary N) is 1. The third kappa shape index (κ3) is 6.24. The number of hydrogen-bond donors (Lipinski definition) is 2. The van der Waals surface area contributed by atoms with Crippen LogP contribution in [0.25, 0.3) is 0 Å². The molecule has 0 aliphatic carbocycles. The molecular formula is C19H19ClF3N2O3+. The number of halogens is 4. The maximum absolute atomic E-state index is 12.8. The van der Waals surface area contributed by atoms with Gasteiger partial charge in [0.1, 0.15) is 0 Å². The summed E-state index contributed by atoms with van der Waals surface area (Å²) in [6, 6.07) is 11.2. The van der Waals surface area contributed by atoms with Gasteiger partial charge in [-0.3, -0.25) is 4.79 Å². The van der Waals surface area contributed by atoms with Gasteiger partial charge in [0.2, 0.25) is 0 Å². The lowest BCUT2D eigenvalue weighted by Gasteiger charge is -2.14. The summed E-state index contributed by atoms with van der Waals surface area (Å²) in [5.41, 5.74) is -0.184. The second-order valence-corrected chi connectivity index (χ2v) is 6.41. The first-order chi connectivity index (χ1) is 13.2. The SMILES string of the molecule is COC(=O)[C@@H](Cc1ccccc1)[NH2+]CC(=O)Nc1cc(C(F)(F)F)ccc1Cl. The fourth-order valence-corrected chi connectivity index (χ4v) is 2.70. The Labute approximate surface area is 164 Å². The van der Waals surface area contributed by atoms with Crippen LogP contribution in [0.2, 0.25) is 5.02 Å². The molecule has 1 amide bonds. The molecule has 0 bridgehead atoms. The number of ether oxygens (including phenoxy) is 1. The van der Waals surface area contributed by atoms with Crippen LogP contribution in [-0.4, -0.2) is 31.6 Å². The van der Waals surface area contributed by atoms with E-state index < -0.39 is 29.7 Å². The van der Waals surface area contributed by atoms with Crippen LogP contribution in [0.5, 0.6) is 0 Å². The molecule has 0 fully saturated rings. The third-order valence-electron chi connectivity index (χ3n) is 3.96. The van der Waals surface area contributed by atoms with Crippen LogP contribution in [-0.2, 0) is 26.9 Å². The van der Waals surface area contributed by atoms with Gasteiger partial charge in [-0.2, -0.15) is 13.2 Å². The van der Waals surface area contributed by atoms with Gasteiger partial charge in [0.05, 0.1) is 23.4 Å². The van der Waals surface area contributed by atoms with E-state index >= 15 is 0 Å². The summed E-state index contributed by atoms with van der Waals surface area (Å²) >= 11 is 5.87. The van der Waals surface area contributed by atoms with Crippen LogP contribution >= 0.6 is 11.6 Å². The number of benzene rings is 2. The molecule has 3 N–H and O–H groups in total. The number of esters is 1. The van der Waals surface area contributed by atoms with Crippen molar-refractivity contribution in [3.8, 4) is 0 Å². The Balaban J connectivity index is 2.02. The summed E-state index contributed by atoms with van der Waals surface area (Å²) in [5.74, 6) is -1.10. The third-order valence-corrected chi connectivity index (χ3v) is 4.29. The average Bonchev–Trinajstić information content (AvgIpc) is 2.66. The van der Waals surface area contributed by atoms with Gasteiger partial charge in [-0.25, -0.2) is 4.79 Å². The smallest absolute Gasteiger partial charge is 0.416 e. The molecule has 0 aromatic heterocycles. The number of carbonyl (C=O) groups is 2. The van der Waals surface area contributed by atoms with Crippen LogP contribution in [0.15, 0.2) is 48.5 Å². The first-order valence-corrected chi connectivity index (χ1v) is 8.70. The van der Waals surface area contributed by atoms with Crippen LogP contribution < -0.4 is 10.6 Å². The van der Waals surface area contributed by atoms with Gasteiger partial charge < -0.3 is 15.4 Å². The fraction of sp³-hybridized carbons (Fsp3) is 0.263.